The van der Waals surface area contributed by atoms with Gasteiger partial charge in [0.2, 0.25) is 0 Å². The molecule has 5 fully saturated rings. The molecule has 0 aliphatic heterocycles. The van der Waals surface area contributed by atoms with Crippen LogP contribution in [0.15, 0.2) is 30.3 Å². The zero-order chi connectivity index (χ0) is 27.6. The fourth-order valence-electron chi connectivity index (χ4n) is 11.0. The van der Waals surface area contributed by atoms with Gasteiger partial charge in [-0.2, -0.15) is 0 Å². The summed E-state index contributed by atoms with van der Waals surface area (Å²) in [5.41, 5.74) is 1.03. The van der Waals surface area contributed by atoms with Crippen LogP contribution in [0.2, 0.25) is 0 Å². The van der Waals surface area contributed by atoms with Gasteiger partial charge in [0.1, 0.15) is 6.10 Å². The third-order valence-corrected chi connectivity index (χ3v) is 13.9. The molecule has 0 aromatic heterocycles. The molecule has 216 valence electrons. The summed E-state index contributed by atoms with van der Waals surface area (Å²) in [5.74, 6) is 5.54. The van der Waals surface area contributed by atoms with Crippen molar-refractivity contribution in [2.75, 3.05) is 0 Å². The number of hydrogen-bond donors (Lipinski definition) is 1. The summed E-state index contributed by atoms with van der Waals surface area (Å²) < 4.78 is 6.40. The zero-order valence-electron chi connectivity index (χ0n) is 25.3. The van der Waals surface area contributed by atoms with Gasteiger partial charge in [-0.05, 0) is 147 Å². The van der Waals surface area contributed by atoms with E-state index in [0.717, 1.165) is 49.4 Å². The van der Waals surface area contributed by atoms with Crippen molar-refractivity contribution in [2.45, 2.75) is 123 Å². The molecule has 5 aliphatic rings. The third-order valence-electron chi connectivity index (χ3n) is 13.9. The minimum Gasteiger partial charge on any atom is -0.458 e. The second-order valence-corrected chi connectivity index (χ2v) is 15.5. The maximum Gasteiger partial charge on any atom is 0.338 e. The van der Waals surface area contributed by atoms with Crippen LogP contribution in [-0.2, 0) is 4.74 Å². The molecule has 0 spiro atoms. The highest BCUT2D eigenvalue weighted by atomic mass is 16.5. The van der Waals surface area contributed by atoms with Crippen molar-refractivity contribution in [3.05, 3.63) is 35.9 Å². The Balaban J connectivity index is 1.19. The topological polar surface area (TPSA) is 46.5 Å². The van der Waals surface area contributed by atoms with Crippen LogP contribution in [0.3, 0.4) is 0 Å². The standard InChI is InChI=1S/C36H54O3/c1-6-36(38)19-18-34(4)27(22-36)12-13-28-30-15-14-29(35(30,5)17-16-31(28)34)24(3)32(21-26-20-23(26)2)39-33(37)25-10-8-7-9-11-25/h7-11,23-24,26-32,38H,6,12-22H2,1-5H3/t23?,24-,26?,27-,28?,29+,30-,31-,32-,34-,35+,36-/m0/s1. The number of benzene rings is 1. The number of rotatable bonds is 7. The molecular formula is C36H54O3. The molecule has 6 rings (SSSR count). The number of ether oxygens (including phenoxy) is 1. The van der Waals surface area contributed by atoms with E-state index in [-0.39, 0.29) is 12.1 Å². The third kappa shape index (κ3) is 4.81. The van der Waals surface area contributed by atoms with Crippen LogP contribution in [0.4, 0.5) is 0 Å². The van der Waals surface area contributed by atoms with Gasteiger partial charge in [0.15, 0.2) is 0 Å². The second kappa shape index (κ2) is 10.2. The maximum atomic E-state index is 13.2. The molecule has 0 radical (unpaired) electrons. The molecule has 3 unspecified atom stereocenters. The smallest absolute Gasteiger partial charge is 0.338 e. The maximum absolute atomic E-state index is 13.2. The Hall–Kier alpha value is -1.35. The lowest BCUT2D eigenvalue weighted by atomic mass is 9.43. The number of fused-ring (bicyclic) bond motifs is 5. The van der Waals surface area contributed by atoms with Gasteiger partial charge in [-0.15, -0.1) is 0 Å². The highest BCUT2D eigenvalue weighted by molar-refractivity contribution is 5.89. The van der Waals surface area contributed by atoms with Crippen molar-refractivity contribution in [1.82, 2.24) is 0 Å². The van der Waals surface area contributed by atoms with Crippen LogP contribution >= 0.6 is 0 Å². The van der Waals surface area contributed by atoms with Crippen LogP contribution in [0, 0.1) is 58.2 Å². The molecule has 0 bridgehead atoms. The van der Waals surface area contributed by atoms with Gasteiger partial charge >= 0.3 is 5.97 Å². The van der Waals surface area contributed by atoms with E-state index in [1.54, 1.807) is 0 Å². The number of aliphatic hydroxyl groups is 1. The van der Waals surface area contributed by atoms with E-state index in [0.29, 0.717) is 40.1 Å². The van der Waals surface area contributed by atoms with E-state index in [4.69, 9.17) is 4.74 Å². The number of esters is 1. The van der Waals surface area contributed by atoms with E-state index < -0.39 is 5.60 Å². The lowest BCUT2D eigenvalue weighted by Gasteiger charge is -2.62. The zero-order valence-corrected chi connectivity index (χ0v) is 25.3. The molecule has 3 heteroatoms. The molecule has 1 N–H and O–H groups in total. The molecule has 0 amide bonds. The Morgan fingerprint density at radius 3 is 2.41 bits per heavy atom. The van der Waals surface area contributed by atoms with Crippen LogP contribution in [0.5, 0.6) is 0 Å². The van der Waals surface area contributed by atoms with E-state index in [9.17, 15) is 9.90 Å². The Morgan fingerprint density at radius 2 is 1.72 bits per heavy atom. The number of carbonyl (C=O) groups excluding carboxylic acids is 1. The van der Waals surface area contributed by atoms with Crippen molar-refractivity contribution >= 4 is 5.97 Å². The van der Waals surface area contributed by atoms with Gasteiger partial charge in [0.25, 0.3) is 0 Å². The average Bonchev–Trinajstić information content (AvgIpc) is 3.51. The first-order valence-electron chi connectivity index (χ1n) is 16.6. The molecule has 5 saturated carbocycles. The Bertz CT molecular complexity index is 1040. The molecule has 0 saturated heterocycles. The highest BCUT2D eigenvalue weighted by Gasteiger charge is 2.62. The Morgan fingerprint density at radius 1 is 1.00 bits per heavy atom. The van der Waals surface area contributed by atoms with Gasteiger partial charge in [-0.3, -0.25) is 0 Å². The molecule has 5 aliphatic carbocycles. The largest absolute Gasteiger partial charge is 0.458 e. The lowest BCUT2D eigenvalue weighted by Crippen LogP contribution is -2.56. The fraction of sp³-hybridized carbons (Fsp3) is 0.806. The van der Waals surface area contributed by atoms with Gasteiger partial charge in [-0.25, -0.2) is 4.79 Å². The second-order valence-electron chi connectivity index (χ2n) is 15.5. The molecule has 1 aromatic carbocycles. The minimum absolute atomic E-state index is 0.0178. The number of hydrogen-bond acceptors (Lipinski definition) is 3. The van der Waals surface area contributed by atoms with Gasteiger partial charge in [0, 0.05) is 0 Å². The van der Waals surface area contributed by atoms with Crippen molar-refractivity contribution in [1.29, 1.82) is 0 Å². The summed E-state index contributed by atoms with van der Waals surface area (Å²) in [5, 5.41) is 11.2. The predicted octanol–water partition coefficient (Wildman–Crippen LogP) is 8.69. The first-order chi connectivity index (χ1) is 18.6. The minimum atomic E-state index is -0.417. The monoisotopic (exact) mass is 534 g/mol. The average molecular weight is 535 g/mol. The summed E-state index contributed by atoms with van der Waals surface area (Å²) in [7, 11) is 0. The first-order valence-corrected chi connectivity index (χ1v) is 16.6. The normalized spacial score (nSPS) is 46.4. The SMILES string of the molecule is CC[C@]1(O)CC[C@@]2(C)[C@@H](CCC3[C@@H]2CC[C@]2(C)[C@@H]([C@H](C)[C@H](CC4CC4C)OC(=O)c4ccccc4)CC[C@@H]32)C1. The molecule has 0 heterocycles. The van der Waals surface area contributed by atoms with Crippen LogP contribution in [0.25, 0.3) is 0 Å². The summed E-state index contributed by atoms with van der Waals surface area (Å²) in [6, 6.07) is 9.61. The molecule has 3 nitrogen and oxygen atoms in total. The van der Waals surface area contributed by atoms with Crippen molar-refractivity contribution in [2.24, 2.45) is 58.2 Å². The predicted molar refractivity (Wildman–Crippen MR) is 157 cm³/mol. The summed E-state index contributed by atoms with van der Waals surface area (Å²) in [4.78, 5) is 13.2. The number of carbonyl (C=O) groups is 1. The first kappa shape index (κ1) is 27.8. The summed E-state index contributed by atoms with van der Waals surface area (Å²) in [6.45, 7) is 12.2. The van der Waals surface area contributed by atoms with Crippen LogP contribution in [-0.4, -0.2) is 22.8 Å². The molecule has 39 heavy (non-hydrogen) atoms. The van der Waals surface area contributed by atoms with Gasteiger partial charge in [-0.1, -0.05) is 52.8 Å². The summed E-state index contributed by atoms with van der Waals surface area (Å²) in [6.07, 6.45) is 14.5. The van der Waals surface area contributed by atoms with Crippen LogP contribution < -0.4 is 0 Å². The quantitative estimate of drug-likeness (QED) is 0.356. The van der Waals surface area contributed by atoms with Crippen molar-refractivity contribution in [3.63, 3.8) is 0 Å². The molecule has 1 aromatic rings. The van der Waals surface area contributed by atoms with Crippen molar-refractivity contribution in [3.8, 4) is 0 Å². The molecule has 12 atom stereocenters. The van der Waals surface area contributed by atoms with Gasteiger partial charge < -0.3 is 9.84 Å². The highest BCUT2D eigenvalue weighted by Crippen LogP contribution is 2.69. The van der Waals surface area contributed by atoms with E-state index >= 15 is 0 Å². The summed E-state index contributed by atoms with van der Waals surface area (Å²) >= 11 is 0. The van der Waals surface area contributed by atoms with E-state index in [2.05, 4.69) is 34.6 Å². The Labute approximate surface area is 237 Å². The van der Waals surface area contributed by atoms with Crippen LogP contribution in [0.1, 0.15) is 122 Å². The lowest BCUT2D eigenvalue weighted by molar-refractivity contribution is -0.154. The van der Waals surface area contributed by atoms with Crippen molar-refractivity contribution < 1.29 is 14.6 Å². The fourth-order valence-corrected chi connectivity index (χ4v) is 11.0. The van der Waals surface area contributed by atoms with Gasteiger partial charge in [0.05, 0.1) is 11.2 Å². The Kier molecular flexibility index (Phi) is 7.26. The van der Waals surface area contributed by atoms with E-state index in [1.165, 1.54) is 51.4 Å². The van der Waals surface area contributed by atoms with E-state index in [1.807, 2.05) is 30.3 Å². The molecular weight excluding hydrogens is 480 g/mol.